The van der Waals surface area contributed by atoms with Crippen LogP contribution >= 0.6 is 23.5 Å². The van der Waals surface area contributed by atoms with Crippen molar-refractivity contribution in [1.29, 1.82) is 0 Å². The van der Waals surface area contributed by atoms with Crippen molar-refractivity contribution in [2.75, 3.05) is 13.2 Å². The van der Waals surface area contributed by atoms with E-state index in [0.717, 1.165) is 12.1 Å². The Balaban J connectivity index is 1.44. The fourth-order valence-corrected chi connectivity index (χ4v) is 8.69. The van der Waals surface area contributed by atoms with Gasteiger partial charge < -0.3 is 10.6 Å². The third-order valence-corrected chi connectivity index (χ3v) is 10.2. The van der Waals surface area contributed by atoms with E-state index < -0.39 is 5.41 Å². The lowest BCUT2D eigenvalue weighted by Gasteiger charge is -2.45. The summed E-state index contributed by atoms with van der Waals surface area (Å²) in [6, 6.07) is 32.0. The molecule has 2 N–H and O–H groups in total. The van der Waals surface area contributed by atoms with Crippen molar-refractivity contribution in [2.24, 2.45) is 4.99 Å². The molecule has 188 valence electrons. The smallest absolute Gasteiger partial charge is 0.107 e. The fraction of sp³-hybridized carbons (Fsp3) is 0.0882. The van der Waals surface area contributed by atoms with E-state index in [2.05, 4.69) is 125 Å². The average molecular weight is 540 g/mol. The molecule has 0 amide bonds. The second-order valence-electron chi connectivity index (χ2n) is 10.0. The minimum absolute atomic E-state index is 0.396. The molecule has 4 aromatic carbocycles. The third-order valence-electron chi connectivity index (χ3n) is 7.92. The van der Waals surface area contributed by atoms with Gasteiger partial charge in [0.25, 0.3) is 0 Å². The van der Waals surface area contributed by atoms with Crippen LogP contribution in [-0.2, 0) is 5.41 Å². The molecule has 4 aliphatic heterocycles. The molecule has 0 aromatic heterocycles. The van der Waals surface area contributed by atoms with E-state index in [1.165, 1.54) is 58.7 Å². The van der Waals surface area contributed by atoms with E-state index in [0.29, 0.717) is 6.67 Å². The number of fused-ring (bicyclic) bond motifs is 8. The molecule has 1 spiro atoms. The molecule has 4 aliphatic rings. The summed E-state index contributed by atoms with van der Waals surface area (Å²) in [5.41, 5.74) is 9.70. The Morgan fingerprint density at radius 3 is 2.00 bits per heavy atom. The largest absolute Gasteiger partial charge is 0.381 e. The van der Waals surface area contributed by atoms with Gasteiger partial charge in [-0.1, -0.05) is 96.3 Å². The Labute approximate surface area is 236 Å². The van der Waals surface area contributed by atoms with Crippen LogP contribution in [-0.4, -0.2) is 19.4 Å². The molecule has 0 radical (unpaired) electrons. The maximum atomic E-state index is 4.46. The van der Waals surface area contributed by atoms with Gasteiger partial charge in [-0.25, -0.2) is 0 Å². The van der Waals surface area contributed by atoms with E-state index in [-0.39, 0.29) is 0 Å². The third kappa shape index (κ3) is 3.50. The number of dihydropyridines is 1. The van der Waals surface area contributed by atoms with E-state index >= 15 is 0 Å². The number of nitrogens with zero attached hydrogens (tertiary/aromatic N) is 1. The molecule has 3 nitrogen and oxygen atoms in total. The van der Waals surface area contributed by atoms with Gasteiger partial charge in [0, 0.05) is 49.8 Å². The number of benzene rings is 4. The van der Waals surface area contributed by atoms with Gasteiger partial charge in [-0.05, 0) is 63.7 Å². The zero-order valence-electron chi connectivity index (χ0n) is 21.1. The Morgan fingerprint density at radius 1 is 0.692 bits per heavy atom. The highest BCUT2D eigenvalue weighted by Gasteiger charge is 2.48. The van der Waals surface area contributed by atoms with Crippen LogP contribution in [0.1, 0.15) is 33.4 Å². The highest BCUT2D eigenvalue weighted by atomic mass is 32.2. The summed E-state index contributed by atoms with van der Waals surface area (Å²) < 4.78 is 0. The summed E-state index contributed by atoms with van der Waals surface area (Å²) in [4.78, 5) is 9.69. The Hall–Kier alpha value is -3.93. The molecule has 8 rings (SSSR count). The zero-order valence-corrected chi connectivity index (χ0v) is 22.8. The van der Waals surface area contributed by atoms with Crippen molar-refractivity contribution in [2.45, 2.75) is 25.0 Å². The van der Waals surface area contributed by atoms with Crippen molar-refractivity contribution in [3.05, 3.63) is 143 Å². The van der Waals surface area contributed by atoms with E-state index in [4.69, 9.17) is 0 Å². The van der Waals surface area contributed by atoms with Gasteiger partial charge in [0.1, 0.15) is 6.67 Å². The van der Waals surface area contributed by atoms with Crippen molar-refractivity contribution < 1.29 is 0 Å². The molecule has 0 fully saturated rings. The molecule has 0 saturated heterocycles. The van der Waals surface area contributed by atoms with Crippen LogP contribution in [0.3, 0.4) is 0 Å². The molecule has 0 unspecified atom stereocenters. The summed E-state index contributed by atoms with van der Waals surface area (Å²) >= 11 is 3.77. The van der Waals surface area contributed by atoms with Gasteiger partial charge in [-0.3, -0.25) is 4.99 Å². The number of hydrogen-bond donors (Lipinski definition) is 2. The van der Waals surface area contributed by atoms with Crippen LogP contribution < -0.4 is 10.6 Å². The number of nitrogens with one attached hydrogen (secondary N) is 2. The van der Waals surface area contributed by atoms with Gasteiger partial charge in [0.05, 0.1) is 5.41 Å². The molecule has 4 aromatic rings. The summed E-state index contributed by atoms with van der Waals surface area (Å²) in [5.74, 6) is 0. The van der Waals surface area contributed by atoms with Gasteiger partial charge in [0.2, 0.25) is 0 Å². The van der Waals surface area contributed by atoms with Crippen LogP contribution in [0, 0.1) is 0 Å². The Morgan fingerprint density at radius 2 is 1.33 bits per heavy atom. The standard InChI is InChI=1S/C34H25N3S2/c1-3-10-30-25(7-1)34(26-8-2-4-11-31(26)38-30)27-14-12-22(24-19-35-21-36-20-24)17-32(27)39-33-18-23(13-15-28(33)34)29-9-5-6-16-37-29/h1-15,17-20,35,37H,16,21H2. The lowest BCUT2D eigenvalue weighted by molar-refractivity contribution is 0.666. The normalized spacial score (nSPS) is 17.5. The van der Waals surface area contributed by atoms with E-state index in [1.807, 2.05) is 29.7 Å². The highest BCUT2D eigenvalue weighted by Crippen LogP contribution is 2.61. The van der Waals surface area contributed by atoms with Crippen molar-refractivity contribution in [3.8, 4) is 0 Å². The van der Waals surface area contributed by atoms with Crippen molar-refractivity contribution >= 4 is 41.0 Å². The summed E-state index contributed by atoms with van der Waals surface area (Å²) in [7, 11) is 0. The molecule has 0 saturated carbocycles. The first-order chi connectivity index (χ1) is 19.3. The second-order valence-corrected chi connectivity index (χ2v) is 12.2. The van der Waals surface area contributed by atoms with E-state index in [9.17, 15) is 0 Å². The Kier molecular flexibility index (Phi) is 5.35. The average Bonchev–Trinajstić information content (AvgIpc) is 3.01. The molecule has 39 heavy (non-hydrogen) atoms. The highest BCUT2D eigenvalue weighted by molar-refractivity contribution is 8.00. The molecule has 0 aliphatic carbocycles. The van der Waals surface area contributed by atoms with Crippen LogP contribution in [0.5, 0.6) is 0 Å². The minimum atomic E-state index is -0.396. The molecule has 4 heterocycles. The topological polar surface area (TPSA) is 36.4 Å². The summed E-state index contributed by atoms with van der Waals surface area (Å²) in [6.07, 6.45) is 10.5. The van der Waals surface area contributed by atoms with Crippen LogP contribution in [0.15, 0.2) is 134 Å². The molecular formula is C34H25N3S2. The number of hydrogen-bond acceptors (Lipinski definition) is 5. The zero-order chi connectivity index (χ0) is 25.8. The van der Waals surface area contributed by atoms with Gasteiger partial charge in [0.15, 0.2) is 0 Å². The lowest BCUT2D eigenvalue weighted by atomic mass is 9.64. The first kappa shape index (κ1) is 23.0. The lowest BCUT2D eigenvalue weighted by Crippen LogP contribution is -2.36. The molecule has 0 atom stereocenters. The predicted octanol–water partition coefficient (Wildman–Crippen LogP) is 7.47. The van der Waals surface area contributed by atoms with Crippen molar-refractivity contribution in [1.82, 2.24) is 10.6 Å². The fourth-order valence-electron chi connectivity index (χ4n) is 6.22. The summed E-state index contributed by atoms with van der Waals surface area (Å²) in [6.45, 7) is 1.49. The molecular weight excluding hydrogens is 515 g/mol. The monoisotopic (exact) mass is 539 g/mol. The Bertz CT molecular complexity index is 1730. The van der Waals surface area contributed by atoms with Crippen LogP contribution in [0.25, 0.3) is 11.3 Å². The van der Waals surface area contributed by atoms with Crippen molar-refractivity contribution in [3.63, 3.8) is 0 Å². The second kappa shape index (κ2) is 9.08. The SMILES string of the molecule is C1=CCNC(c2ccc3c(c2)Sc2cc(C4=CNCN=C4)ccc2C32c3ccccc3Sc3ccccc32)=C1. The summed E-state index contributed by atoms with van der Waals surface area (Å²) in [5, 5.41) is 6.82. The van der Waals surface area contributed by atoms with Crippen LogP contribution in [0.2, 0.25) is 0 Å². The first-order valence-electron chi connectivity index (χ1n) is 13.2. The molecule has 0 bridgehead atoms. The maximum absolute atomic E-state index is 4.46. The quantitative estimate of drug-likeness (QED) is 0.239. The molecule has 5 heteroatoms. The van der Waals surface area contributed by atoms with Gasteiger partial charge in [-0.2, -0.15) is 0 Å². The predicted molar refractivity (Wildman–Crippen MR) is 163 cm³/mol. The maximum Gasteiger partial charge on any atom is 0.107 e. The minimum Gasteiger partial charge on any atom is -0.381 e. The van der Waals surface area contributed by atoms with Gasteiger partial charge >= 0.3 is 0 Å². The number of aliphatic imine (C=N–C) groups is 1. The first-order valence-corrected chi connectivity index (χ1v) is 14.8. The van der Waals surface area contributed by atoms with E-state index in [1.54, 1.807) is 0 Å². The van der Waals surface area contributed by atoms with Gasteiger partial charge in [-0.15, -0.1) is 0 Å². The number of rotatable bonds is 2. The number of allylic oxidation sites excluding steroid dienone is 3. The van der Waals surface area contributed by atoms with Crippen LogP contribution in [0.4, 0.5) is 0 Å².